The fourth-order valence-electron chi connectivity index (χ4n) is 0.794. The molecule has 0 nitrogen and oxygen atoms in total. The minimum absolute atomic E-state index is 0.376. The van der Waals surface area contributed by atoms with Crippen molar-refractivity contribution in [2.75, 3.05) is 0 Å². The minimum Gasteiger partial charge on any atom is -0.171 e. The first kappa shape index (κ1) is 11.3. The zero-order chi connectivity index (χ0) is 9.61. The largest absolute Gasteiger partial charge is 0.392 e. The van der Waals surface area contributed by atoms with Crippen molar-refractivity contribution in [1.82, 2.24) is 0 Å². The van der Waals surface area contributed by atoms with E-state index in [2.05, 4.69) is 0 Å². The lowest BCUT2D eigenvalue weighted by molar-refractivity contribution is -0.127. The number of alkyl halides is 3. The number of rotatable bonds is 3. The van der Waals surface area contributed by atoms with E-state index >= 15 is 0 Å². The molecule has 0 unspecified atom stereocenters. The lowest BCUT2D eigenvalue weighted by Gasteiger charge is -2.05. The van der Waals surface area contributed by atoms with Crippen LogP contribution in [-0.2, 0) is 0 Å². The van der Waals surface area contributed by atoms with Gasteiger partial charge in [-0.3, -0.25) is 0 Å². The van der Waals surface area contributed by atoms with Crippen LogP contribution in [0.5, 0.6) is 0 Å². The third-order valence-corrected chi connectivity index (χ3v) is 1.32. The SMILES string of the molecule is C/C=C\C/C=C(/C)CC(F)(F)F. The fourth-order valence-corrected chi connectivity index (χ4v) is 0.794. The Morgan fingerprint density at radius 3 is 2.33 bits per heavy atom. The normalized spacial score (nSPS) is 14.2. The molecule has 0 N–H and O–H groups in total. The molecule has 0 rings (SSSR count). The standard InChI is InChI=1S/C9H13F3/c1-3-4-5-6-8(2)7-9(10,11)12/h3-4,6H,5,7H2,1-2H3/b4-3-,8-6-. The van der Waals surface area contributed by atoms with E-state index < -0.39 is 12.6 Å². The molecule has 12 heavy (non-hydrogen) atoms. The second-order valence-electron chi connectivity index (χ2n) is 2.65. The lowest BCUT2D eigenvalue weighted by atomic mass is 10.2. The molecule has 0 heterocycles. The fraction of sp³-hybridized carbons (Fsp3) is 0.556. The van der Waals surface area contributed by atoms with Gasteiger partial charge in [-0.05, 0) is 20.3 Å². The Labute approximate surface area is 70.8 Å². The van der Waals surface area contributed by atoms with Crippen LogP contribution in [0.2, 0.25) is 0 Å². The van der Waals surface area contributed by atoms with Gasteiger partial charge in [0.2, 0.25) is 0 Å². The highest BCUT2D eigenvalue weighted by Gasteiger charge is 2.26. The Morgan fingerprint density at radius 1 is 1.33 bits per heavy atom. The van der Waals surface area contributed by atoms with Crippen molar-refractivity contribution in [3.05, 3.63) is 23.8 Å². The number of halogens is 3. The summed E-state index contributed by atoms with van der Waals surface area (Å²) in [5, 5.41) is 0. The van der Waals surface area contributed by atoms with Crippen LogP contribution in [0.15, 0.2) is 23.8 Å². The summed E-state index contributed by atoms with van der Waals surface area (Å²) in [5.41, 5.74) is 0.376. The first-order valence-corrected chi connectivity index (χ1v) is 3.79. The van der Waals surface area contributed by atoms with Gasteiger partial charge in [-0.1, -0.05) is 23.8 Å². The second kappa shape index (κ2) is 5.01. The summed E-state index contributed by atoms with van der Waals surface area (Å²) in [6.45, 7) is 3.34. The van der Waals surface area contributed by atoms with Crippen LogP contribution in [-0.4, -0.2) is 6.18 Å². The molecule has 0 aromatic carbocycles. The van der Waals surface area contributed by atoms with E-state index in [1.54, 1.807) is 6.08 Å². The molecule has 0 aliphatic heterocycles. The van der Waals surface area contributed by atoms with Gasteiger partial charge in [0.1, 0.15) is 0 Å². The molecule has 70 valence electrons. The van der Waals surface area contributed by atoms with Crippen LogP contribution in [0, 0.1) is 0 Å². The Balaban J connectivity index is 3.86. The molecule has 0 saturated carbocycles. The summed E-state index contributed by atoms with van der Waals surface area (Å²) in [4.78, 5) is 0. The molecule has 0 amide bonds. The smallest absolute Gasteiger partial charge is 0.171 e. The van der Waals surface area contributed by atoms with Gasteiger partial charge in [-0.25, -0.2) is 0 Å². The molecule has 0 spiro atoms. The Kier molecular flexibility index (Phi) is 4.71. The first-order valence-electron chi connectivity index (χ1n) is 3.79. The molecular weight excluding hydrogens is 165 g/mol. The predicted molar refractivity (Wildman–Crippen MR) is 43.9 cm³/mol. The number of hydrogen-bond acceptors (Lipinski definition) is 0. The zero-order valence-corrected chi connectivity index (χ0v) is 7.28. The molecule has 0 aliphatic carbocycles. The summed E-state index contributed by atoms with van der Waals surface area (Å²) in [6, 6.07) is 0. The summed E-state index contributed by atoms with van der Waals surface area (Å²) < 4.78 is 35.3. The molecule has 0 radical (unpaired) electrons. The van der Waals surface area contributed by atoms with E-state index in [-0.39, 0.29) is 0 Å². The Bertz CT molecular complexity index is 175. The third-order valence-electron chi connectivity index (χ3n) is 1.32. The summed E-state index contributed by atoms with van der Waals surface area (Å²) >= 11 is 0. The van der Waals surface area contributed by atoms with Crippen molar-refractivity contribution < 1.29 is 13.2 Å². The van der Waals surface area contributed by atoms with E-state index in [1.165, 1.54) is 6.92 Å². The van der Waals surface area contributed by atoms with Gasteiger partial charge in [0.05, 0.1) is 6.42 Å². The number of hydrogen-bond donors (Lipinski definition) is 0. The predicted octanol–water partition coefficient (Wildman–Crippen LogP) is 3.85. The van der Waals surface area contributed by atoms with Crippen molar-refractivity contribution in [2.24, 2.45) is 0 Å². The van der Waals surface area contributed by atoms with Crippen LogP contribution < -0.4 is 0 Å². The van der Waals surface area contributed by atoms with E-state index in [4.69, 9.17) is 0 Å². The topological polar surface area (TPSA) is 0 Å². The van der Waals surface area contributed by atoms with Crippen molar-refractivity contribution in [1.29, 1.82) is 0 Å². The molecule has 0 atom stereocenters. The molecular formula is C9H13F3. The highest BCUT2D eigenvalue weighted by Crippen LogP contribution is 2.24. The average Bonchev–Trinajstić information content (AvgIpc) is 1.84. The Morgan fingerprint density at radius 2 is 1.92 bits per heavy atom. The van der Waals surface area contributed by atoms with Crippen LogP contribution in [0.4, 0.5) is 13.2 Å². The highest BCUT2D eigenvalue weighted by molar-refractivity contribution is 5.03. The quantitative estimate of drug-likeness (QED) is 0.576. The maximum Gasteiger partial charge on any atom is 0.392 e. The van der Waals surface area contributed by atoms with Gasteiger partial charge in [0.15, 0.2) is 0 Å². The van der Waals surface area contributed by atoms with Crippen LogP contribution >= 0.6 is 0 Å². The zero-order valence-electron chi connectivity index (χ0n) is 7.28. The van der Waals surface area contributed by atoms with E-state index in [1.807, 2.05) is 19.1 Å². The van der Waals surface area contributed by atoms with E-state index in [0.29, 0.717) is 12.0 Å². The molecule has 0 saturated heterocycles. The monoisotopic (exact) mass is 178 g/mol. The maximum atomic E-state index is 11.8. The van der Waals surface area contributed by atoms with E-state index in [9.17, 15) is 13.2 Å². The molecule has 0 bridgehead atoms. The van der Waals surface area contributed by atoms with Crippen LogP contribution in [0.3, 0.4) is 0 Å². The summed E-state index contributed by atoms with van der Waals surface area (Å²) in [7, 11) is 0. The molecule has 3 heteroatoms. The van der Waals surface area contributed by atoms with Crippen molar-refractivity contribution in [2.45, 2.75) is 32.9 Å². The molecule has 0 fully saturated rings. The van der Waals surface area contributed by atoms with E-state index in [0.717, 1.165) is 0 Å². The Hall–Kier alpha value is -0.730. The van der Waals surface area contributed by atoms with Crippen LogP contribution in [0.25, 0.3) is 0 Å². The molecule has 0 aromatic rings. The number of allylic oxidation sites excluding steroid dienone is 4. The molecule has 0 aromatic heterocycles. The van der Waals surface area contributed by atoms with Gasteiger partial charge >= 0.3 is 6.18 Å². The van der Waals surface area contributed by atoms with Crippen molar-refractivity contribution in [3.63, 3.8) is 0 Å². The second-order valence-corrected chi connectivity index (χ2v) is 2.65. The summed E-state index contributed by atoms with van der Waals surface area (Å²) in [6.07, 6.45) is 0.935. The van der Waals surface area contributed by atoms with Gasteiger partial charge in [0, 0.05) is 0 Å². The van der Waals surface area contributed by atoms with Crippen LogP contribution in [0.1, 0.15) is 26.7 Å². The highest BCUT2D eigenvalue weighted by atomic mass is 19.4. The first-order chi connectivity index (χ1) is 5.45. The minimum atomic E-state index is -4.07. The van der Waals surface area contributed by atoms with Crippen molar-refractivity contribution in [3.8, 4) is 0 Å². The average molecular weight is 178 g/mol. The summed E-state index contributed by atoms with van der Waals surface area (Å²) in [5.74, 6) is 0. The van der Waals surface area contributed by atoms with Gasteiger partial charge in [-0.15, -0.1) is 0 Å². The third kappa shape index (κ3) is 7.38. The van der Waals surface area contributed by atoms with Gasteiger partial charge in [-0.2, -0.15) is 13.2 Å². The molecule has 0 aliphatic rings. The maximum absolute atomic E-state index is 11.8. The van der Waals surface area contributed by atoms with Crippen molar-refractivity contribution >= 4 is 0 Å². The van der Waals surface area contributed by atoms with Gasteiger partial charge in [0.25, 0.3) is 0 Å². The lowest BCUT2D eigenvalue weighted by Crippen LogP contribution is -2.07. The van der Waals surface area contributed by atoms with Gasteiger partial charge < -0.3 is 0 Å².